The van der Waals surface area contributed by atoms with Crippen molar-refractivity contribution in [2.45, 2.75) is 26.3 Å². The van der Waals surface area contributed by atoms with E-state index in [1.165, 1.54) is 16.2 Å². The summed E-state index contributed by atoms with van der Waals surface area (Å²) in [5, 5.41) is 0.505. The number of benzene rings is 2. The number of amides is 3. The average molecular weight is 423 g/mol. The highest BCUT2D eigenvalue weighted by atomic mass is 32.1. The minimum atomic E-state index is -0.349. The van der Waals surface area contributed by atoms with Crippen molar-refractivity contribution in [1.29, 1.82) is 0 Å². The predicted octanol–water partition coefficient (Wildman–Crippen LogP) is 3.30. The number of anilines is 1. The zero-order valence-electron chi connectivity index (χ0n) is 16.8. The first-order valence-electron chi connectivity index (χ1n) is 9.59. The predicted molar refractivity (Wildman–Crippen MR) is 114 cm³/mol. The maximum Gasteiger partial charge on any atom is 0.249 e. The third-order valence-electron chi connectivity index (χ3n) is 5.08. The number of ether oxygens (including phenoxy) is 1. The van der Waals surface area contributed by atoms with E-state index in [9.17, 15) is 14.4 Å². The third kappa shape index (κ3) is 3.78. The van der Waals surface area contributed by atoms with Gasteiger partial charge in [0.2, 0.25) is 17.7 Å². The van der Waals surface area contributed by atoms with Gasteiger partial charge >= 0.3 is 0 Å². The molecule has 154 valence electrons. The highest BCUT2D eigenvalue weighted by molar-refractivity contribution is 7.22. The standard InChI is InChI=1S/C22H21N3O4S/c1-14-8-9-16(29-2)20-21(14)30-22(23-20)25(12-15-6-4-3-5-7-15)19(28)13-24-17(26)10-11-18(24)27/h3-9H,10-13H2,1-2H3. The smallest absolute Gasteiger partial charge is 0.249 e. The van der Waals surface area contributed by atoms with Gasteiger partial charge in [0.1, 0.15) is 17.8 Å². The van der Waals surface area contributed by atoms with Crippen LogP contribution in [0.3, 0.4) is 0 Å². The lowest BCUT2D eigenvalue weighted by Crippen LogP contribution is -2.42. The number of aryl methyl sites for hydroxylation is 1. The Morgan fingerprint density at radius 2 is 1.83 bits per heavy atom. The molecule has 8 heteroatoms. The quantitative estimate of drug-likeness (QED) is 0.569. The van der Waals surface area contributed by atoms with Crippen LogP contribution in [-0.2, 0) is 20.9 Å². The molecule has 1 saturated heterocycles. The monoisotopic (exact) mass is 423 g/mol. The molecule has 2 heterocycles. The van der Waals surface area contributed by atoms with Gasteiger partial charge in [0.15, 0.2) is 5.13 Å². The molecule has 3 amide bonds. The van der Waals surface area contributed by atoms with Crippen molar-refractivity contribution in [3.8, 4) is 5.75 Å². The van der Waals surface area contributed by atoms with E-state index in [4.69, 9.17) is 4.74 Å². The molecule has 1 aliphatic heterocycles. The number of thiazole rings is 1. The highest BCUT2D eigenvalue weighted by Gasteiger charge is 2.33. The molecule has 0 radical (unpaired) electrons. The van der Waals surface area contributed by atoms with Crippen molar-refractivity contribution in [3.05, 3.63) is 53.6 Å². The molecule has 3 aromatic rings. The van der Waals surface area contributed by atoms with Gasteiger partial charge in [-0.1, -0.05) is 47.7 Å². The average Bonchev–Trinajstić information content (AvgIpc) is 3.33. The van der Waals surface area contributed by atoms with E-state index < -0.39 is 0 Å². The minimum Gasteiger partial charge on any atom is -0.494 e. The van der Waals surface area contributed by atoms with Crippen molar-refractivity contribution < 1.29 is 19.1 Å². The third-order valence-corrected chi connectivity index (χ3v) is 6.29. The maximum atomic E-state index is 13.2. The van der Waals surface area contributed by atoms with Crippen molar-refractivity contribution >= 4 is 44.4 Å². The fourth-order valence-corrected chi connectivity index (χ4v) is 4.49. The number of likely N-dealkylation sites (tertiary alicyclic amines) is 1. The van der Waals surface area contributed by atoms with E-state index in [0.29, 0.717) is 16.4 Å². The number of fused-ring (bicyclic) bond motifs is 1. The molecular weight excluding hydrogens is 402 g/mol. The summed E-state index contributed by atoms with van der Waals surface area (Å²) in [5.74, 6) is -0.335. The molecule has 1 aliphatic rings. The number of nitrogens with zero attached hydrogens (tertiary/aromatic N) is 3. The summed E-state index contributed by atoms with van der Waals surface area (Å²) in [6.45, 7) is 1.99. The van der Waals surface area contributed by atoms with Crippen LogP contribution in [0.15, 0.2) is 42.5 Å². The molecule has 30 heavy (non-hydrogen) atoms. The van der Waals surface area contributed by atoms with Gasteiger partial charge in [-0.3, -0.25) is 24.2 Å². The number of aromatic nitrogens is 1. The number of hydrogen-bond donors (Lipinski definition) is 0. The van der Waals surface area contributed by atoms with Gasteiger partial charge in [-0.2, -0.15) is 0 Å². The molecule has 0 spiro atoms. The lowest BCUT2D eigenvalue weighted by atomic mass is 10.2. The largest absolute Gasteiger partial charge is 0.494 e. The molecule has 0 atom stereocenters. The number of carbonyl (C=O) groups excluding carboxylic acids is 3. The summed E-state index contributed by atoms with van der Waals surface area (Å²) < 4.78 is 6.37. The van der Waals surface area contributed by atoms with Gasteiger partial charge in [-0.25, -0.2) is 4.98 Å². The molecule has 0 aliphatic carbocycles. The first-order chi connectivity index (χ1) is 14.5. The topological polar surface area (TPSA) is 79.8 Å². The van der Waals surface area contributed by atoms with Crippen LogP contribution >= 0.6 is 11.3 Å². The number of hydrogen-bond acceptors (Lipinski definition) is 6. The molecule has 7 nitrogen and oxygen atoms in total. The Balaban J connectivity index is 1.72. The number of rotatable bonds is 6. The Labute approximate surface area is 177 Å². The van der Waals surface area contributed by atoms with Crippen molar-refractivity contribution in [3.63, 3.8) is 0 Å². The van der Waals surface area contributed by atoms with Crippen LogP contribution < -0.4 is 9.64 Å². The fraction of sp³-hybridized carbons (Fsp3) is 0.273. The highest BCUT2D eigenvalue weighted by Crippen LogP contribution is 2.37. The van der Waals surface area contributed by atoms with Crippen LogP contribution in [0.2, 0.25) is 0 Å². The van der Waals surface area contributed by atoms with Crippen LogP contribution in [0.5, 0.6) is 5.75 Å². The molecular formula is C22H21N3O4S. The van der Waals surface area contributed by atoms with Gasteiger partial charge in [0.25, 0.3) is 0 Å². The summed E-state index contributed by atoms with van der Waals surface area (Å²) >= 11 is 1.39. The molecule has 1 aromatic heterocycles. The van der Waals surface area contributed by atoms with Gasteiger partial charge in [0.05, 0.1) is 18.4 Å². The second-order valence-electron chi connectivity index (χ2n) is 7.10. The number of imide groups is 1. The van der Waals surface area contributed by atoms with E-state index in [0.717, 1.165) is 20.7 Å². The summed E-state index contributed by atoms with van der Waals surface area (Å²) in [5.41, 5.74) is 2.65. The Kier molecular flexibility index (Phi) is 5.50. The molecule has 0 saturated carbocycles. The fourth-order valence-electron chi connectivity index (χ4n) is 3.43. The Hall–Kier alpha value is -3.26. The zero-order valence-corrected chi connectivity index (χ0v) is 17.6. The van der Waals surface area contributed by atoms with Crippen LogP contribution in [0.4, 0.5) is 5.13 Å². The van der Waals surface area contributed by atoms with Gasteiger partial charge in [-0.05, 0) is 24.1 Å². The van der Waals surface area contributed by atoms with Gasteiger partial charge < -0.3 is 4.74 Å². The maximum absolute atomic E-state index is 13.2. The molecule has 4 rings (SSSR count). The molecule has 0 N–H and O–H groups in total. The van der Waals surface area contributed by atoms with Crippen LogP contribution in [-0.4, -0.2) is 41.3 Å². The summed E-state index contributed by atoms with van der Waals surface area (Å²) in [6, 6.07) is 13.4. The molecule has 0 unspecified atom stereocenters. The van der Waals surface area contributed by atoms with E-state index in [1.54, 1.807) is 7.11 Å². The van der Waals surface area contributed by atoms with Crippen LogP contribution in [0.1, 0.15) is 24.0 Å². The normalized spacial score (nSPS) is 13.9. The van der Waals surface area contributed by atoms with E-state index >= 15 is 0 Å². The summed E-state index contributed by atoms with van der Waals surface area (Å²) in [7, 11) is 1.58. The zero-order chi connectivity index (χ0) is 21.3. The lowest BCUT2D eigenvalue weighted by molar-refractivity contribution is -0.141. The minimum absolute atomic E-state index is 0.155. The second-order valence-corrected chi connectivity index (χ2v) is 8.08. The van der Waals surface area contributed by atoms with Gasteiger partial charge in [-0.15, -0.1) is 0 Å². The first-order valence-corrected chi connectivity index (χ1v) is 10.4. The first kappa shape index (κ1) is 20.0. The van der Waals surface area contributed by atoms with Crippen molar-refractivity contribution in [1.82, 2.24) is 9.88 Å². The Morgan fingerprint density at radius 1 is 1.13 bits per heavy atom. The van der Waals surface area contributed by atoms with Crippen molar-refractivity contribution in [2.75, 3.05) is 18.6 Å². The Bertz CT molecular complexity index is 1110. The summed E-state index contributed by atoms with van der Waals surface area (Å²) in [6.07, 6.45) is 0.310. The Morgan fingerprint density at radius 3 is 2.50 bits per heavy atom. The van der Waals surface area contributed by atoms with E-state index in [2.05, 4.69) is 4.98 Å². The molecule has 2 aromatic carbocycles. The van der Waals surface area contributed by atoms with Crippen molar-refractivity contribution in [2.24, 2.45) is 0 Å². The summed E-state index contributed by atoms with van der Waals surface area (Å²) in [4.78, 5) is 44.5. The van der Waals surface area contributed by atoms with Gasteiger partial charge in [0, 0.05) is 12.8 Å². The molecule has 0 bridgehead atoms. The van der Waals surface area contributed by atoms with E-state index in [-0.39, 0.29) is 43.7 Å². The molecule has 1 fully saturated rings. The van der Waals surface area contributed by atoms with Crippen LogP contribution in [0, 0.1) is 6.92 Å². The second kappa shape index (κ2) is 8.23. The SMILES string of the molecule is COc1ccc(C)c2sc(N(Cc3ccccc3)C(=O)CN3C(=O)CCC3=O)nc12. The number of carbonyl (C=O) groups is 3. The van der Waals surface area contributed by atoms with E-state index in [1.807, 2.05) is 49.4 Å². The van der Waals surface area contributed by atoms with Crippen LogP contribution in [0.25, 0.3) is 10.2 Å². The lowest BCUT2D eigenvalue weighted by Gasteiger charge is -2.22. The number of methoxy groups -OCH3 is 1.